The maximum Gasteiger partial charge on any atom is 0.417 e. The van der Waals surface area contributed by atoms with Crippen molar-refractivity contribution in [1.82, 2.24) is 20.0 Å². The molecular formula is C42H54F3N7O5S. The Balaban J connectivity index is 0.949. The largest absolute Gasteiger partial charge is 0.417 e. The molecular weight excluding hydrogens is 772 g/mol. The summed E-state index contributed by atoms with van der Waals surface area (Å²) in [6, 6.07) is 12.5. The summed E-state index contributed by atoms with van der Waals surface area (Å²) in [6.45, 7) is 12.8. The van der Waals surface area contributed by atoms with E-state index in [2.05, 4.69) is 34.3 Å². The molecule has 16 heteroatoms. The molecule has 2 aromatic carbocycles. The van der Waals surface area contributed by atoms with E-state index < -0.39 is 33.8 Å². The molecule has 4 aliphatic rings. The molecule has 12 nitrogen and oxygen atoms in total. The number of carbonyl (C=O) groups is 4. The molecule has 2 N–H and O–H groups in total. The second kappa shape index (κ2) is 17.3. The quantitative estimate of drug-likeness (QED) is 0.194. The van der Waals surface area contributed by atoms with Crippen LogP contribution in [0.2, 0.25) is 0 Å². The van der Waals surface area contributed by atoms with Crippen molar-refractivity contribution >= 4 is 47.6 Å². The molecule has 3 heterocycles. The number of piperazine rings is 1. The maximum atomic E-state index is 13.8. The highest BCUT2D eigenvalue weighted by Gasteiger charge is 2.54. The van der Waals surface area contributed by atoms with Gasteiger partial charge < -0.3 is 10.1 Å². The first-order valence-electron chi connectivity index (χ1n) is 20.2. The van der Waals surface area contributed by atoms with Gasteiger partial charge in [0, 0.05) is 55.6 Å². The molecule has 0 radical (unpaired) electrons. The Bertz CT molecular complexity index is 1900. The van der Waals surface area contributed by atoms with E-state index in [0.29, 0.717) is 31.6 Å². The van der Waals surface area contributed by atoms with Crippen LogP contribution < -0.4 is 15.5 Å². The second-order valence-electron chi connectivity index (χ2n) is 16.7. The molecule has 314 valence electrons. The molecule has 4 atom stereocenters. The van der Waals surface area contributed by atoms with Crippen LogP contribution in [0.1, 0.15) is 96.3 Å². The Morgan fingerprint density at radius 1 is 1.03 bits per heavy atom. The summed E-state index contributed by atoms with van der Waals surface area (Å²) in [5.41, 5.74) is -2.59. The van der Waals surface area contributed by atoms with Crippen molar-refractivity contribution in [3.63, 3.8) is 0 Å². The molecule has 3 aliphatic heterocycles. The lowest BCUT2D eigenvalue weighted by Crippen LogP contribution is -2.58. The molecule has 4 fully saturated rings. The average molecular weight is 826 g/mol. The third kappa shape index (κ3) is 8.79. The summed E-state index contributed by atoms with van der Waals surface area (Å²) in [6.07, 6.45) is -0.348. The Hall–Kier alpha value is -4.01. The van der Waals surface area contributed by atoms with Crippen LogP contribution >= 0.6 is 12.6 Å². The van der Waals surface area contributed by atoms with Gasteiger partial charge in [0.25, 0.3) is 0 Å². The number of alkyl halides is 3. The molecule has 1 saturated carbocycles. The lowest BCUT2D eigenvalue weighted by Gasteiger charge is -2.44. The Morgan fingerprint density at radius 2 is 1.69 bits per heavy atom. The number of thiol groups is 1. The topological polar surface area (TPSA) is 138 Å². The molecule has 0 aromatic heterocycles. The van der Waals surface area contributed by atoms with Gasteiger partial charge in [0.05, 0.1) is 47.4 Å². The van der Waals surface area contributed by atoms with Crippen LogP contribution in [-0.4, -0.2) is 106 Å². The molecule has 1 aliphatic carbocycles. The number of anilines is 2. The summed E-state index contributed by atoms with van der Waals surface area (Å²) in [5, 5.41) is 14.7. The number of hydrogen-bond acceptors (Lipinski definition) is 10. The zero-order chi connectivity index (χ0) is 42.2. The van der Waals surface area contributed by atoms with Crippen LogP contribution in [0.25, 0.3) is 0 Å². The molecule has 1 unspecified atom stereocenters. The smallest absolute Gasteiger partial charge is 0.377 e. The highest BCUT2D eigenvalue weighted by Crippen LogP contribution is 2.43. The minimum absolute atomic E-state index is 0.0240. The number of hydrogen-bond donors (Lipinski definition) is 3. The summed E-state index contributed by atoms with van der Waals surface area (Å²) in [5.74, 6) is -0.994. The zero-order valence-electron chi connectivity index (χ0n) is 33.8. The van der Waals surface area contributed by atoms with Gasteiger partial charge in [-0.3, -0.25) is 44.1 Å². The number of nitriles is 1. The molecule has 0 bridgehead atoms. The average Bonchev–Trinajstić information content (AvgIpc) is 3.35. The SMILES string of the molecule is CC[C@]1(c2ccc(NC(=O)CN3[C@H](C)CN(CCOC4CCC(N5C(S)N(c6ccc(C#N)c(C(F)(F)F)c6)C(=O)C5(C)C)CC4)C[C@@H]3C)cc2)CCC(=O)NC1=O. The highest BCUT2D eigenvalue weighted by atomic mass is 32.1. The lowest BCUT2D eigenvalue weighted by molar-refractivity contribution is -0.139. The van der Waals surface area contributed by atoms with Crippen molar-refractivity contribution in [3.05, 3.63) is 59.2 Å². The summed E-state index contributed by atoms with van der Waals surface area (Å²) in [4.78, 5) is 59.2. The van der Waals surface area contributed by atoms with Crippen LogP contribution in [0, 0.1) is 11.3 Å². The zero-order valence-corrected chi connectivity index (χ0v) is 34.7. The minimum atomic E-state index is -4.74. The van der Waals surface area contributed by atoms with E-state index >= 15 is 0 Å². The van der Waals surface area contributed by atoms with Crippen molar-refractivity contribution < 1.29 is 37.1 Å². The fraction of sp³-hybridized carbons (Fsp3) is 0.595. The van der Waals surface area contributed by atoms with Crippen LogP contribution in [0.5, 0.6) is 0 Å². The van der Waals surface area contributed by atoms with Gasteiger partial charge in [0.1, 0.15) is 5.50 Å². The van der Waals surface area contributed by atoms with Gasteiger partial charge in [0.15, 0.2) is 0 Å². The van der Waals surface area contributed by atoms with E-state index in [4.69, 9.17) is 17.4 Å². The third-order valence-corrected chi connectivity index (χ3v) is 13.1. The lowest BCUT2D eigenvalue weighted by atomic mass is 9.72. The van der Waals surface area contributed by atoms with E-state index in [1.165, 1.54) is 11.0 Å². The number of nitrogens with one attached hydrogen (secondary N) is 2. The molecule has 0 spiro atoms. The number of imide groups is 1. The van der Waals surface area contributed by atoms with Crippen LogP contribution in [-0.2, 0) is 35.5 Å². The van der Waals surface area contributed by atoms with Crippen molar-refractivity contribution in [2.45, 2.75) is 126 Å². The predicted molar refractivity (Wildman–Crippen MR) is 216 cm³/mol. The first kappa shape index (κ1) is 43.6. The van der Waals surface area contributed by atoms with Crippen LogP contribution in [0.3, 0.4) is 0 Å². The number of rotatable bonds is 11. The van der Waals surface area contributed by atoms with E-state index in [-0.39, 0.29) is 60.1 Å². The van der Waals surface area contributed by atoms with Gasteiger partial charge in [-0.2, -0.15) is 18.4 Å². The van der Waals surface area contributed by atoms with Gasteiger partial charge in [-0.25, -0.2) is 0 Å². The minimum Gasteiger partial charge on any atom is -0.377 e. The Labute approximate surface area is 343 Å². The maximum absolute atomic E-state index is 13.8. The van der Waals surface area contributed by atoms with Gasteiger partial charge in [0.2, 0.25) is 23.6 Å². The molecule has 2 aromatic rings. The first-order chi connectivity index (χ1) is 27.4. The highest BCUT2D eigenvalue weighted by molar-refractivity contribution is 7.81. The monoisotopic (exact) mass is 825 g/mol. The van der Waals surface area contributed by atoms with Crippen molar-refractivity contribution in [2.75, 3.05) is 43.0 Å². The van der Waals surface area contributed by atoms with Gasteiger partial charge in [-0.1, -0.05) is 19.1 Å². The molecule has 58 heavy (non-hydrogen) atoms. The summed E-state index contributed by atoms with van der Waals surface area (Å²) >= 11 is 4.76. The summed E-state index contributed by atoms with van der Waals surface area (Å²) in [7, 11) is 0. The van der Waals surface area contributed by atoms with E-state index in [0.717, 1.165) is 63.0 Å². The standard InChI is InChI=1S/C42H54F3N7O5S/c1-6-41(18-17-35(53)48-37(41)55)29-8-10-30(11-9-29)47-36(54)25-50-26(2)23-49(24-27(50)3)19-20-57-33-15-13-31(14-16-33)52-39(58)51(38(56)40(52,4)5)32-12-7-28(22-46)34(21-32)42(43,44)45/h7-12,21,26-27,31,33,39,58H,6,13-20,23-25H2,1-5H3,(H,47,54)(H,48,53,55)/t26-,27+,31?,33?,39?,41-/m1/s1. The normalized spacial score (nSPS) is 28.7. The molecule has 3 saturated heterocycles. The number of benzene rings is 2. The first-order valence-corrected chi connectivity index (χ1v) is 20.7. The third-order valence-electron chi connectivity index (χ3n) is 12.7. The number of piperidine rings is 1. The Kier molecular flexibility index (Phi) is 13.0. The predicted octanol–water partition coefficient (Wildman–Crippen LogP) is 5.66. The summed E-state index contributed by atoms with van der Waals surface area (Å²) < 4.78 is 47.6. The number of ether oxygens (including phenoxy) is 1. The van der Waals surface area contributed by atoms with Crippen molar-refractivity contribution in [1.29, 1.82) is 5.26 Å². The molecule has 6 rings (SSSR count). The van der Waals surface area contributed by atoms with Crippen LogP contribution in [0.4, 0.5) is 24.5 Å². The second-order valence-corrected chi connectivity index (χ2v) is 17.2. The van der Waals surface area contributed by atoms with Crippen LogP contribution in [0.15, 0.2) is 42.5 Å². The van der Waals surface area contributed by atoms with E-state index in [9.17, 15) is 37.6 Å². The van der Waals surface area contributed by atoms with E-state index in [1.54, 1.807) is 19.9 Å². The Morgan fingerprint density at radius 3 is 2.28 bits per heavy atom. The van der Waals surface area contributed by atoms with Crippen molar-refractivity contribution in [2.24, 2.45) is 0 Å². The van der Waals surface area contributed by atoms with Gasteiger partial charge in [-0.05, 0) is 102 Å². The number of halogens is 3. The van der Waals surface area contributed by atoms with Gasteiger partial charge in [-0.15, -0.1) is 12.6 Å². The number of carbonyl (C=O) groups excluding carboxylic acids is 4. The van der Waals surface area contributed by atoms with E-state index in [1.807, 2.05) is 36.1 Å². The van der Waals surface area contributed by atoms with Gasteiger partial charge >= 0.3 is 6.18 Å². The fourth-order valence-corrected chi connectivity index (χ4v) is 10.2. The number of amides is 4. The fourth-order valence-electron chi connectivity index (χ4n) is 9.44. The number of nitrogens with zero attached hydrogens (tertiary/aromatic N) is 5. The molecule has 4 amide bonds. The van der Waals surface area contributed by atoms with Crippen molar-refractivity contribution in [3.8, 4) is 6.07 Å².